The standard InChI is InChI=1S/C38H51N5O9S/c1-7-9-10-11-12-13-29(40-37(47)52-38(3,4)5)34(44)42-23-26(51-33-18-19-39-30-21-25(50-6)14-17-28(30)33)22-32(42)35(45)43(31-20-24(31)8-2)36(46)41-53(48,49)27-15-16-27/h7-8,14,17-19,21,24,26-27,29,31-32H,1-2,9-13,15-16,20,22-23H2,3-6H3,(H,40,47)(H,41,46). The molecule has 2 aromatic rings. The summed E-state index contributed by atoms with van der Waals surface area (Å²) in [6.07, 6.45) is 8.06. The van der Waals surface area contributed by atoms with Gasteiger partial charge in [-0.1, -0.05) is 25.0 Å². The molecule has 0 bridgehead atoms. The number of hydrogen-bond acceptors (Lipinski definition) is 10. The van der Waals surface area contributed by atoms with Crippen LogP contribution in [0.1, 0.15) is 78.6 Å². The second kappa shape index (κ2) is 16.6. The zero-order chi connectivity index (χ0) is 38.5. The number of unbranched alkanes of at least 4 members (excludes halogenated alkanes) is 3. The molecule has 14 nitrogen and oxygen atoms in total. The number of pyridine rings is 1. The molecule has 5 unspecified atom stereocenters. The number of carbonyl (C=O) groups is 4. The number of benzene rings is 1. The van der Waals surface area contributed by atoms with Crippen molar-refractivity contribution in [2.24, 2.45) is 5.92 Å². The monoisotopic (exact) mass is 753 g/mol. The molecule has 0 spiro atoms. The number of aromatic nitrogens is 1. The SMILES string of the molecule is C=CCCCCCC(NC(=O)OC(C)(C)C)C(=O)N1CC(Oc2ccnc3cc(OC)ccc23)CC1C(=O)N(C(=O)NS(=O)(=O)C1CC1)C1CC1C=C. The second-order valence-electron chi connectivity index (χ2n) is 14.9. The molecular weight excluding hydrogens is 703 g/mol. The van der Waals surface area contributed by atoms with Gasteiger partial charge in [0.15, 0.2) is 0 Å². The lowest BCUT2D eigenvalue weighted by atomic mass is 10.0. The lowest BCUT2D eigenvalue weighted by molar-refractivity contribution is -0.143. The smallest absolute Gasteiger partial charge is 0.408 e. The Morgan fingerprint density at radius 2 is 1.85 bits per heavy atom. The molecular formula is C38H51N5O9S. The van der Waals surface area contributed by atoms with E-state index in [1.165, 1.54) is 4.90 Å². The summed E-state index contributed by atoms with van der Waals surface area (Å²) >= 11 is 0. The first kappa shape index (κ1) is 39.5. The highest BCUT2D eigenvalue weighted by atomic mass is 32.2. The van der Waals surface area contributed by atoms with Crippen molar-refractivity contribution in [3.8, 4) is 11.5 Å². The molecule has 1 aliphatic heterocycles. The van der Waals surface area contributed by atoms with Crippen molar-refractivity contribution < 1.29 is 41.8 Å². The molecule has 2 N–H and O–H groups in total. The van der Waals surface area contributed by atoms with Crippen molar-refractivity contribution in [2.75, 3.05) is 13.7 Å². The summed E-state index contributed by atoms with van der Waals surface area (Å²) in [5.41, 5.74) is -0.215. The van der Waals surface area contributed by atoms with Crippen LogP contribution in [0.25, 0.3) is 10.9 Å². The number of nitrogens with zero attached hydrogens (tertiary/aromatic N) is 3. The van der Waals surface area contributed by atoms with Crippen LogP contribution in [0.5, 0.6) is 11.5 Å². The van der Waals surface area contributed by atoms with Crippen LogP contribution < -0.4 is 19.5 Å². The summed E-state index contributed by atoms with van der Waals surface area (Å²) in [4.78, 5) is 62.5. The van der Waals surface area contributed by atoms with E-state index in [0.29, 0.717) is 48.1 Å². The van der Waals surface area contributed by atoms with Gasteiger partial charge in [-0.3, -0.25) is 19.5 Å². The molecule has 288 valence electrons. The van der Waals surface area contributed by atoms with E-state index in [1.807, 2.05) is 6.08 Å². The van der Waals surface area contributed by atoms with Crippen molar-refractivity contribution in [3.63, 3.8) is 0 Å². The van der Waals surface area contributed by atoms with E-state index in [4.69, 9.17) is 14.2 Å². The minimum atomic E-state index is -3.99. The van der Waals surface area contributed by atoms with E-state index in [0.717, 1.165) is 24.2 Å². The lowest BCUT2D eigenvalue weighted by Crippen LogP contribution is -2.57. The van der Waals surface area contributed by atoms with Gasteiger partial charge in [0.05, 0.1) is 24.4 Å². The minimum absolute atomic E-state index is 0.00628. The molecule has 53 heavy (non-hydrogen) atoms. The fourth-order valence-electron chi connectivity index (χ4n) is 6.55. The van der Waals surface area contributed by atoms with Crippen molar-refractivity contribution in [3.05, 3.63) is 55.8 Å². The fourth-order valence-corrected chi connectivity index (χ4v) is 7.82. The number of rotatable bonds is 16. The Morgan fingerprint density at radius 3 is 2.49 bits per heavy atom. The van der Waals surface area contributed by atoms with Gasteiger partial charge in [0, 0.05) is 30.1 Å². The summed E-state index contributed by atoms with van der Waals surface area (Å²) in [6, 6.07) is 3.05. The van der Waals surface area contributed by atoms with Crippen molar-refractivity contribution in [1.29, 1.82) is 0 Å². The molecule has 15 heteroatoms. The van der Waals surface area contributed by atoms with Crippen molar-refractivity contribution in [1.82, 2.24) is 24.8 Å². The van der Waals surface area contributed by atoms with Gasteiger partial charge in [0.25, 0.3) is 5.91 Å². The number of methoxy groups -OCH3 is 1. The molecule has 5 amide bonds. The number of urea groups is 1. The summed E-state index contributed by atoms with van der Waals surface area (Å²) in [7, 11) is -2.44. The zero-order valence-corrected chi connectivity index (χ0v) is 31.7. The largest absolute Gasteiger partial charge is 0.497 e. The Balaban J connectivity index is 1.47. The van der Waals surface area contributed by atoms with E-state index in [1.54, 1.807) is 64.4 Å². The van der Waals surface area contributed by atoms with Gasteiger partial charge in [-0.15, -0.1) is 13.2 Å². The number of hydrogen-bond donors (Lipinski definition) is 2. The third-order valence-corrected chi connectivity index (χ3v) is 11.3. The number of carbonyl (C=O) groups excluding carboxylic acids is 4. The topological polar surface area (TPSA) is 174 Å². The van der Waals surface area contributed by atoms with Gasteiger partial charge in [-0.05, 0) is 83.4 Å². The molecule has 2 heterocycles. The van der Waals surface area contributed by atoms with Gasteiger partial charge >= 0.3 is 12.1 Å². The van der Waals surface area contributed by atoms with Crippen LogP contribution in [0, 0.1) is 5.92 Å². The number of alkyl carbamates (subject to hydrolysis) is 1. The van der Waals surface area contributed by atoms with E-state index in [9.17, 15) is 27.6 Å². The van der Waals surface area contributed by atoms with Gasteiger partial charge in [0.1, 0.15) is 35.3 Å². The van der Waals surface area contributed by atoms with Gasteiger partial charge in [-0.2, -0.15) is 0 Å². The Kier molecular flexibility index (Phi) is 12.4. The number of amides is 5. The number of sulfonamides is 1. The van der Waals surface area contributed by atoms with E-state index >= 15 is 0 Å². The molecule has 1 saturated heterocycles. The second-order valence-corrected chi connectivity index (χ2v) is 16.8. The van der Waals surface area contributed by atoms with E-state index in [2.05, 4.69) is 28.2 Å². The van der Waals surface area contributed by atoms with Gasteiger partial charge in [0.2, 0.25) is 15.9 Å². The zero-order valence-electron chi connectivity index (χ0n) is 30.9. The highest BCUT2D eigenvalue weighted by Crippen LogP contribution is 2.39. The highest BCUT2D eigenvalue weighted by Gasteiger charge is 2.52. The van der Waals surface area contributed by atoms with Crippen LogP contribution >= 0.6 is 0 Å². The lowest BCUT2D eigenvalue weighted by Gasteiger charge is -2.32. The van der Waals surface area contributed by atoms with Crippen molar-refractivity contribution >= 4 is 44.9 Å². The third kappa shape index (κ3) is 10.1. The van der Waals surface area contributed by atoms with Gasteiger partial charge in [-0.25, -0.2) is 22.7 Å². The normalized spacial score (nSPS) is 21.6. The fraction of sp³-hybridized carbons (Fsp3) is 0.553. The summed E-state index contributed by atoms with van der Waals surface area (Å²) in [5, 5.41) is 2.71. The Bertz CT molecular complexity index is 1820. The Hall–Kier alpha value is -4.66. The van der Waals surface area contributed by atoms with E-state index < -0.39 is 69.0 Å². The van der Waals surface area contributed by atoms with Crippen molar-refractivity contribution in [2.45, 2.75) is 114 Å². The minimum Gasteiger partial charge on any atom is -0.497 e. The molecule has 1 aromatic heterocycles. The first-order valence-electron chi connectivity index (χ1n) is 18.2. The maximum absolute atomic E-state index is 14.6. The highest BCUT2D eigenvalue weighted by molar-refractivity contribution is 7.90. The number of allylic oxidation sites excluding steroid dienone is 1. The number of nitrogens with one attached hydrogen (secondary N) is 2. The number of fused-ring (bicyclic) bond motifs is 1. The number of likely N-dealkylation sites (tertiary alicyclic amines) is 1. The number of ether oxygens (including phenoxy) is 3. The predicted molar refractivity (Wildman–Crippen MR) is 199 cm³/mol. The van der Waals surface area contributed by atoms with E-state index in [-0.39, 0.29) is 25.3 Å². The average molecular weight is 754 g/mol. The molecule has 3 fully saturated rings. The molecule has 5 atom stereocenters. The number of imide groups is 1. The van der Waals surface area contributed by atoms with Crippen LogP contribution in [0.3, 0.4) is 0 Å². The summed E-state index contributed by atoms with van der Waals surface area (Å²) in [5.74, 6) is -0.446. The quantitative estimate of drug-likeness (QED) is 0.171. The summed E-state index contributed by atoms with van der Waals surface area (Å²) in [6.45, 7) is 12.7. The first-order chi connectivity index (χ1) is 25.1. The average Bonchev–Trinajstić information content (AvgIpc) is 4.04. The summed E-state index contributed by atoms with van der Waals surface area (Å²) < 4.78 is 45.1. The van der Waals surface area contributed by atoms with Crippen LogP contribution in [0.4, 0.5) is 9.59 Å². The van der Waals surface area contributed by atoms with Gasteiger partial charge < -0.3 is 24.4 Å². The Labute approximate surface area is 311 Å². The molecule has 2 saturated carbocycles. The van der Waals surface area contributed by atoms with Crippen LogP contribution in [0.2, 0.25) is 0 Å². The maximum Gasteiger partial charge on any atom is 0.408 e. The molecule has 2 aliphatic carbocycles. The Morgan fingerprint density at radius 1 is 1.09 bits per heavy atom. The molecule has 5 rings (SSSR count). The first-order valence-corrected chi connectivity index (χ1v) is 19.7. The predicted octanol–water partition coefficient (Wildman–Crippen LogP) is 5.23. The molecule has 1 aromatic carbocycles. The van der Waals surface area contributed by atoms with Crippen LogP contribution in [0.15, 0.2) is 55.8 Å². The van der Waals surface area contributed by atoms with Crippen LogP contribution in [-0.4, -0.2) is 95.9 Å². The van der Waals surface area contributed by atoms with Crippen LogP contribution in [-0.2, 0) is 24.3 Å². The maximum atomic E-state index is 14.6. The third-order valence-electron chi connectivity index (χ3n) is 9.51. The molecule has 0 radical (unpaired) electrons. The molecule has 3 aliphatic rings.